The number of hydrogen-bond donors (Lipinski definition) is 1. The van der Waals surface area contributed by atoms with Gasteiger partial charge in [-0.25, -0.2) is 5.26 Å². The van der Waals surface area contributed by atoms with Crippen LogP contribution >= 0.6 is 0 Å². The summed E-state index contributed by atoms with van der Waals surface area (Å²) in [6.45, 7) is 11.6. The van der Waals surface area contributed by atoms with Crippen LogP contribution in [0.5, 0.6) is 0 Å². The molecule has 0 spiro atoms. The highest BCUT2D eigenvalue weighted by Crippen LogP contribution is 2.58. The fourth-order valence-electron chi connectivity index (χ4n) is 6.29. The number of nitriles is 1. The SMILES string of the molecule is C.C#N.CC.C[C@@H]1CCCN1C(=O)CNC12CC3CC(C1)CC(OC=O)(C3)C2.[HH]. The Kier molecular flexibility index (Phi) is 8.94. The lowest BCUT2D eigenvalue weighted by Gasteiger charge is -2.61. The summed E-state index contributed by atoms with van der Waals surface area (Å²) in [5.74, 6) is 1.52. The Hall–Kier alpha value is -1.61. The van der Waals surface area contributed by atoms with Crippen LogP contribution in [0, 0.1) is 23.7 Å². The molecule has 0 aromatic heterocycles. The number of hydrogen-bond acceptors (Lipinski definition) is 5. The van der Waals surface area contributed by atoms with Crippen LogP contribution < -0.4 is 5.32 Å². The summed E-state index contributed by atoms with van der Waals surface area (Å²) in [4.78, 5) is 25.5. The summed E-state index contributed by atoms with van der Waals surface area (Å²) in [6.07, 6.45) is 8.70. The maximum Gasteiger partial charge on any atom is 0.293 e. The van der Waals surface area contributed by atoms with Crippen molar-refractivity contribution in [2.45, 2.75) is 96.7 Å². The van der Waals surface area contributed by atoms with Crippen molar-refractivity contribution in [1.82, 2.24) is 10.2 Å². The van der Waals surface area contributed by atoms with Crippen LogP contribution in [-0.2, 0) is 14.3 Å². The van der Waals surface area contributed by atoms with E-state index in [2.05, 4.69) is 18.8 Å². The lowest BCUT2D eigenvalue weighted by atomic mass is 9.51. The van der Waals surface area contributed by atoms with Crippen LogP contribution in [-0.4, -0.2) is 47.6 Å². The number of rotatable bonds is 5. The fraction of sp³-hybridized carbons (Fsp3) is 0.864. The van der Waals surface area contributed by atoms with E-state index in [1.54, 1.807) is 0 Å². The van der Waals surface area contributed by atoms with Gasteiger partial charge in [-0.2, -0.15) is 0 Å². The van der Waals surface area contributed by atoms with Gasteiger partial charge in [0, 0.05) is 32.5 Å². The first-order valence-electron chi connectivity index (χ1n) is 10.4. The Morgan fingerprint density at radius 1 is 1.29 bits per heavy atom. The largest absolute Gasteiger partial charge is 0.461 e. The van der Waals surface area contributed by atoms with Gasteiger partial charge >= 0.3 is 0 Å². The second kappa shape index (κ2) is 10.2. The molecular formula is C22H41N3O3. The van der Waals surface area contributed by atoms with E-state index in [0.29, 0.717) is 30.9 Å². The van der Waals surface area contributed by atoms with Crippen LogP contribution in [0.15, 0.2) is 0 Å². The molecule has 5 rings (SSSR count). The van der Waals surface area contributed by atoms with Crippen molar-refractivity contribution in [2.75, 3.05) is 13.1 Å². The molecule has 5 fully saturated rings. The summed E-state index contributed by atoms with van der Waals surface area (Å²) in [7, 11) is 0. The molecule has 4 aliphatic carbocycles. The van der Waals surface area contributed by atoms with Gasteiger partial charge in [-0.15, -0.1) is 0 Å². The third-order valence-electron chi connectivity index (χ3n) is 6.79. The fourth-order valence-corrected chi connectivity index (χ4v) is 6.29. The quantitative estimate of drug-likeness (QED) is 0.714. The lowest BCUT2D eigenvalue weighted by Crippen LogP contribution is -2.66. The van der Waals surface area contributed by atoms with E-state index in [-0.39, 0.29) is 25.9 Å². The van der Waals surface area contributed by atoms with Gasteiger partial charge in [0.1, 0.15) is 5.60 Å². The molecule has 1 heterocycles. The van der Waals surface area contributed by atoms with Crippen LogP contribution in [0.25, 0.3) is 0 Å². The topological polar surface area (TPSA) is 82.4 Å². The van der Waals surface area contributed by atoms with E-state index in [0.717, 1.165) is 51.5 Å². The molecule has 1 aliphatic heterocycles. The van der Waals surface area contributed by atoms with Crippen LogP contribution in [0.4, 0.5) is 0 Å². The van der Waals surface area contributed by atoms with Gasteiger partial charge in [0.25, 0.3) is 6.47 Å². The third kappa shape index (κ3) is 4.86. The second-order valence-electron chi connectivity index (χ2n) is 8.57. The number of nitrogens with zero attached hydrogens (tertiary/aromatic N) is 2. The molecule has 6 heteroatoms. The van der Waals surface area contributed by atoms with Gasteiger partial charge in [0.05, 0.1) is 6.54 Å². The van der Waals surface area contributed by atoms with Gasteiger partial charge in [0.2, 0.25) is 5.91 Å². The van der Waals surface area contributed by atoms with Gasteiger partial charge in [-0.1, -0.05) is 21.3 Å². The first-order valence-corrected chi connectivity index (χ1v) is 10.4. The zero-order valence-electron chi connectivity index (χ0n) is 17.1. The van der Waals surface area contributed by atoms with Crippen molar-refractivity contribution in [1.29, 1.82) is 5.26 Å². The summed E-state index contributed by atoms with van der Waals surface area (Å²) in [5.41, 5.74) is -0.255. The van der Waals surface area contributed by atoms with Gasteiger partial charge in [-0.05, 0) is 63.7 Å². The molecule has 4 saturated carbocycles. The number of carbonyl (C=O) groups excluding carboxylic acids is 2. The van der Waals surface area contributed by atoms with Crippen LogP contribution in [0.2, 0.25) is 0 Å². The Bertz CT molecular complexity index is 541. The Morgan fingerprint density at radius 2 is 1.89 bits per heavy atom. The van der Waals surface area contributed by atoms with Crippen LogP contribution in [0.3, 0.4) is 0 Å². The molecule has 3 atom stereocenters. The molecule has 28 heavy (non-hydrogen) atoms. The lowest BCUT2D eigenvalue weighted by molar-refractivity contribution is -0.179. The average molecular weight is 396 g/mol. The highest BCUT2D eigenvalue weighted by Gasteiger charge is 2.59. The molecule has 0 radical (unpaired) electrons. The molecule has 1 amide bonds. The van der Waals surface area contributed by atoms with Crippen molar-refractivity contribution >= 4 is 12.4 Å². The molecule has 1 N–H and O–H groups in total. The van der Waals surface area contributed by atoms with Gasteiger partial charge < -0.3 is 15.0 Å². The molecule has 0 aromatic carbocycles. The maximum atomic E-state index is 12.5. The molecular weight excluding hydrogens is 354 g/mol. The van der Waals surface area contributed by atoms with E-state index in [9.17, 15) is 9.59 Å². The minimum atomic E-state index is -0.261. The molecule has 1 saturated heterocycles. The van der Waals surface area contributed by atoms with E-state index >= 15 is 0 Å². The van der Waals surface area contributed by atoms with E-state index < -0.39 is 0 Å². The van der Waals surface area contributed by atoms with E-state index in [1.165, 1.54) is 6.42 Å². The van der Waals surface area contributed by atoms with E-state index in [4.69, 9.17) is 10.00 Å². The second-order valence-corrected chi connectivity index (χ2v) is 8.57. The molecule has 5 aliphatic rings. The van der Waals surface area contributed by atoms with Crippen molar-refractivity contribution < 1.29 is 15.8 Å². The number of amides is 1. The number of carbonyl (C=O) groups is 2. The Morgan fingerprint density at radius 3 is 2.39 bits per heavy atom. The minimum absolute atomic E-state index is 0. The monoisotopic (exact) mass is 395 g/mol. The smallest absolute Gasteiger partial charge is 0.293 e. The van der Waals surface area contributed by atoms with Crippen molar-refractivity contribution in [3.63, 3.8) is 0 Å². The number of likely N-dealkylation sites (tertiary alicyclic amines) is 1. The normalized spacial score (nSPS) is 36.9. The average Bonchev–Trinajstić information content (AvgIpc) is 3.08. The van der Waals surface area contributed by atoms with Crippen molar-refractivity contribution in [3.8, 4) is 6.57 Å². The minimum Gasteiger partial charge on any atom is -0.461 e. The Labute approximate surface area is 172 Å². The standard InChI is InChI=1S/C18H28N2O3.C2H6.CHN.CH4.H2/c1-13-3-2-4-20(13)16(22)10-19-17-6-14-5-15(7-17)9-18(8-14,11-17)23-12-21;2*1-2;;/h12-15,19H,2-11H2,1H3;1-2H3;1H;1H4;1H/t13-,14?,15?,17?,18?;;;;/m1..../s1. The number of ether oxygens (including phenoxy) is 1. The molecule has 2 unspecified atom stereocenters. The molecule has 6 nitrogen and oxygen atoms in total. The summed E-state index contributed by atoms with van der Waals surface area (Å²) >= 11 is 0. The predicted octanol–water partition coefficient (Wildman–Crippen LogP) is 3.90. The highest BCUT2D eigenvalue weighted by molar-refractivity contribution is 5.79. The van der Waals surface area contributed by atoms with Gasteiger partial charge in [0.15, 0.2) is 0 Å². The molecule has 0 aromatic rings. The van der Waals surface area contributed by atoms with Crippen molar-refractivity contribution in [2.24, 2.45) is 11.8 Å². The zero-order chi connectivity index (χ0) is 20.1. The maximum absolute atomic E-state index is 12.5. The molecule has 4 bridgehead atoms. The van der Waals surface area contributed by atoms with Crippen LogP contribution in [0.1, 0.15) is 81.0 Å². The third-order valence-corrected chi connectivity index (χ3v) is 6.79. The van der Waals surface area contributed by atoms with Gasteiger partial charge in [-0.3, -0.25) is 9.59 Å². The first-order chi connectivity index (χ1) is 13.0. The highest BCUT2D eigenvalue weighted by atomic mass is 16.5. The number of nitrogens with one attached hydrogen (secondary N) is 1. The molecule has 162 valence electrons. The zero-order valence-corrected chi connectivity index (χ0v) is 17.1. The van der Waals surface area contributed by atoms with Crippen molar-refractivity contribution in [3.05, 3.63) is 0 Å². The predicted molar refractivity (Wildman–Crippen MR) is 113 cm³/mol. The first kappa shape index (κ1) is 24.4. The summed E-state index contributed by atoms with van der Waals surface area (Å²) in [5, 5.41) is 10.1. The summed E-state index contributed by atoms with van der Waals surface area (Å²) < 4.78 is 5.57. The van der Waals surface area contributed by atoms with E-state index in [1.807, 2.05) is 18.7 Å². The Balaban J connectivity index is 0.00000123. The summed E-state index contributed by atoms with van der Waals surface area (Å²) in [6, 6.07) is 0.380.